The first-order valence-corrected chi connectivity index (χ1v) is 28.2. The molecule has 6 aromatic rings. The second-order valence-electron chi connectivity index (χ2n) is 21.0. The molecule has 0 unspecified atom stereocenters. The Balaban J connectivity index is 0.844. The summed E-state index contributed by atoms with van der Waals surface area (Å²) in [6, 6.07) is 19.6. The number of ether oxygens (including phenoxy) is 3. The van der Waals surface area contributed by atoms with Crippen molar-refractivity contribution >= 4 is 110 Å². The van der Waals surface area contributed by atoms with E-state index < -0.39 is 71.8 Å². The van der Waals surface area contributed by atoms with E-state index in [9.17, 15) is 53.1 Å². The Morgan fingerprint density at radius 3 is 2.24 bits per heavy atom. The highest BCUT2D eigenvalue weighted by Crippen LogP contribution is 2.47. The number of hydrogen-bond donors (Lipinski definition) is 8. The molecular weight excluding hydrogens is 1150 g/mol. The Bertz CT molecular complexity index is 3650. The molecule has 27 heteroatoms. The molecule has 26 nitrogen and oxygen atoms in total. The van der Waals surface area contributed by atoms with Gasteiger partial charge in [0.1, 0.15) is 48.3 Å². The van der Waals surface area contributed by atoms with E-state index in [1.54, 1.807) is 61.2 Å². The molecule has 0 radical (unpaired) electrons. The number of amides is 11. The van der Waals surface area contributed by atoms with Crippen LogP contribution in [0.5, 0.6) is 11.5 Å². The minimum atomic E-state index is -1.17. The SMILES string of the molecule is Cc1cccc2c(OC(=O)N(C)CCN(C)C(=O)OCc3ccc(NC(=O)[C@H](CCCNC(N)=O)NC(=O)[C@@H](NC(=O)OCCN4C(=O)C=CC4=O)C(C)C)cc3)cc3c(c12)[C@H](CCl)CN3C(=O)c1cc2cc(NC(=O)c3ccc(O)cc3)ncc2[nH]1. The lowest BCUT2D eigenvalue weighted by molar-refractivity contribution is -0.137. The van der Waals surface area contributed by atoms with Crippen LogP contribution in [-0.2, 0) is 35.3 Å². The normalized spacial score (nSPS) is 14.1. The zero-order valence-electron chi connectivity index (χ0n) is 48.1. The van der Waals surface area contributed by atoms with Crippen LogP contribution in [-0.4, -0.2) is 161 Å². The molecule has 4 heterocycles. The number of alkyl carbamates (subject to hydrolysis) is 1. The molecule has 9 N–H and O–H groups in total. The Kier molecular flexibility index (Phi) is 20.3. The van der Waals surface area contributed by atoms with Crippen LogP contribution >= 0.6 is 11.6 Å². The number of anilines is 3. The number of phenolic OH excluding ortho intramolecular Hbond substituents is 1. The van der Waals surface area contributed by atoms with Crippen molar-refractivity contribution in [3.8, 4) is 11.5 Å². The van der Waals surface area contributed by atoms with Gasteiger partial charge in [-0.3, -0.25) is 33.7 Å². The second kappa shape index (κ2) is 28.1. The summed E-state index contributed by atoms with van der Waals surface area (Å²) in [4.78, 5) is 142. The highest BCUT2D eigenvalue weighted by atomic mass is 35.5. The minimum Gasteiger partial charge on any atom is -0.508 e. The number of urea groups is 1. The summed E-state index contributed by atoms with van der Waals surface area (Å²) in [5.41, 5.74) is 9.39. The molecule has 87 heavy (non-hydrogen) atoms. The average Bonchev–Trinajstić information content (AvgIpc) is 1.70. The number of aromatic amines is 1. The number of aromatic nitrogens is 2. The largest absolute Gasteiger partial charge is 0.508 e. The first-order valence-electron chi connectivity index (χ1n) is 27.6. The van der Waals surface area contributed by atoms with Gasteiger partial charge in [0.05, 0.1) is 23.9 Å². The average molecular weight is 1210 g/mol. The maximum Gasteiger partial charge on any atom is 0.415 e. The molecule has 0 fully saturated rings. The van der Waals surface area contributed by atoms with Gasteiger partial charge in [0.25, 0.3) is 23.6 Å². The molecule has 3 atom stereocenters. The number of pyridine rings is 1. The number of nitrogens with zero attached hydrogens (tertiary/aromatic N) is 5. The van der Waals surface area contributed by atoms with E-state index in [2.05, 4.69) is 36.6 Å². The fraction of sp³-hybridized carbons (Fsp3) is 0.317. The van der Waals surface area contributed by atoms with E-state index in [0.29, 0.717) is 38.8 Å². The summed E-state index contributed by atoms with van der Waals surface area (Å²) in [5.74, 6) is -3.34. The number of fused-ring (bicyclic) bond motifs is 4. The van der Waals surface area contributed by atoms with Crippen LogP contribution in [0.3, 0.4) is 0 Å². The van der Waals surface area contributed by atoms with Gasteiger partial charge in [0.2, 0.25) is 11.8 Å². The molecule has 456 valence electrons. The number of imide groups is 1. The van der Waals surface area contributed by atoms with Crippen LogP contribution < -0.4 is 42.0 Å². The van der Waals surface area contributed by atoms with Crippen LogP contribution in [0.25, 0.3) is 21.7 Å². The molecule has 2 aliphatic heterocycles. The van der Waals surface area contributed by atoms with E-state index in [4.69, 9.17) is 31.5 Å². The molecule has 4 aromatic carbocycles. The minimum absolute atomic E-state index is 0.0210. The van der Waals surface area contributed by atoms with Crippen LogP contribution in [0.2, 0.25) is 0 Å². The van der Waals surface area contributed by atoms with Gasteiger partial charge in [0.15, 0.2) is 0 Å². The monoisotopic (exact) mass is 1210 g/mol. The molecule has 0 saturated heterocycles. The molecule has 2 aliphatic rings. The number of aromatic hydroxyl groups is 1. The number of primary amides is 1. The fourth-order valence-electron chi connectivity index (χ4n) is 9.71. The molecule has 11 amide bonds. The molecule has 2 aromatic heterocycles. The van der Waals surface area contributed by atoms with Crippen molar-refractivity contribution < 1.29 is 67.3 Å². The van der Waals surface area contributed by atoms with Gasteiger partial charge in [-0.1, -0.05) is 44.2 Å². The number of carbonyl (C=O) groups is 10. The Morgan fingerprint density at radius 1 is 0.862 bits per heavy atom. The zero-order valence-corrected chi connectivity index (χ0v) is 48.9. The van der Waals surface area contributed by atoms with Crippen molar-refractivity contribution in [2.45, 2.75) is 58.2 Å². The van der Waals surface area contributed by atoms with E-state index in [1.807, 2.05) is 25.1 Å². The van der Waals surface area contributed by atoms with Crippen molar-refractivity contribution in [3.63, 3.8) is 0 Å². The van der Waals surface area contributed by atoms with Crippen molar-refractivity contribution in [1.29, 1.82) is 0 Å². The van der Waals surface area contributed by atoms with Crippen LogP contribution in [0, 0.1) is 12.8 Å². The molecule has 0 bridgehead atoms. The smallest absolute Gasteiger partial charge is 0.415 e. The lowest BCUT2D eigenvalue weighted by Crippen LogP contribution is -2.54. The predicted octanol–water partition coefficient (Wildman–Crippen LogP) is 6.21. The number of nitrogens with two attached hydrogens (primary N) is 1. The van der Waals surface area contributed by atoms with E-state index in [-0.39, 0.29) is 99.5 Å². The van der Waals surface area contributed by atoms with Gasteiger partial charge in [-0.25, -0.2) is 24.2 Å². The number of alkyl halides is 1. The number of likely N-dealkylation sites (N-methyl/N-ethyl adjacent to an activating group) is 2. The zero-order chi connectivity index (χ0) is 62.6. The van der Waals surface area contributed by atoms with Gasteiger partial charge in [-0.05, 0) is 96.3 Å². The standard InChI is InChI=1S/C60H65ClN12O14/c1-33(2)52(69-58(82)85-25-24-72-48(75)19-20-49(72)76)55(79)67-42(10-7-21-63-57(62)81)54(78)65-39-15-11-35(12-16-39)32-86-59(83)70(4)22-23-71(5)60(84)87-46-28-45-51(50-34(3)8-6-9-41(46)50)38(29-61)31-73(45)56(80)43-26-37-27-47(64-30-44(37)66-43)68-53(77)36-13-17-40(74)18-14-36/h6,8-9,11-20,26-28,30,33,38,42,52,66,74H,7,10,21-25,29,31-32H2,1-5H3,(H,65,78)(H,67,79)(H,69,82)(H3,62,63,81)(H,64,68,77)/t38-,42+,52+/m1/s1. The lowest BCUT2D eigenvalue weighted by Gasteiger charge is -2.25. The maximum absolute atomic E-state index is 14.5. The van der Waals surface area contributed by atoms with E-state index in [0.717, 1.165) is 33.6 Å². The van der Waals surface area contributed by atoms with E-state index in [1.165, 1.54) is 54.4 Å². The highest BCUT2D eigenvalue weighted by Gasteiger charge is 2.37. The molecule has 0 aliphatic carbocycles. The number of H-pyrrole nitrogens is 1. The van der Waals surface area contributed by atoms with Crippen molar-refractivity contribution in [3.05, 3.63) is 131 Å². The van der Waals surface area contributed by atoms with Gasteiger partial charge < -0.3 is 71.3 Å². The molecular formula is C60H65ClN12O14. The van der Waals surface area contributed by atoms with Gasteiger partial charge in [-0.2, -0.15) is 0 Å². The number of hydrogen-bond acceptors (Lipinski definition) is 15. The Hall–Kier alpha value is -10.2. The van der Waals surface area contributed by atoms with Crippen molar-refractivity contribution in [1.82, 2.24) is 40.6 Å². The third-order valence-electron chi connectivity index (χ3n) is 14.4. The quantitative estimate of drug-likeness (QED) is 0.0201. The maximum atomic E-state index is 14.5. The van der Waals surface area contributed by atoms with Crippen LogP contribution in [0.15, 0.2) is 103 Å². The first-order chi connectivity index (χ1) is 41.6. The Labute approximate surface area is 503 Å². The summed E-state index contributed by atoms with van der Waals surface area (Å²) < 4.78 is 16.7. The predicted molar refractivity (Wildman–Crippen MR) is 320 cm³/mol. The summed E-state index contributed by atoms with van der Waals surface area (Å²) in [6.07, 6.45) is 1.55. The summed E-state index contributed by atoms with van der Waals surface area (Å²) in [7, 11) is 3.02. The topological polar surface area (TPSA) is 346 Å². The fourth-order valence-corrected chi connectivity index (χ4v) is 9.96. The molecule has 0 spiro atoms. The molecule has 8 rings (SSSR count). The Morgan fingerprint density at radius 2 is 1.56 bits per heavy atom. The summed E-state index contributed by atoms with van der Waals surface area (Å²) >= 11 is 6.60. The number of benzene rings is 4. The number of aryl methyl sites for hydroxylation is 1. The van der Waals surface area contributed by atoms with Crippen molar-refractivity contribution in [2.24, 2.45) is 11.7 Å². The third-order valence-corrected chi connectivity index (χ3v) is 14.8. The number of carbonyl (C=O) groups excluding carboxylic acids is 10. The van der Waals surface area contributed by atoms with Crippen molar-refractivity contribution in [2.75, 3.05) is 74.8 Å². The molecule has 0 saturated carbocycles. The van der Waals surface area contributed by atoms with Gasteiger partial charge >= 0.3 is 24.3 Å². The second-order valence-corrected chi connectivity index (χ2v) is 21.3. The number of phenols is 1. The summed E-state index contributed by atoms with van der Waals surface area (Å²) in [6.45, 7) is 4.97. The third kappa shape index (κ3) is 15.6. The number of nitrogens with one attached hydrogen (secondary N) is 6. The first kappa shape index (κ1) is 62.8. The summed E-state index contributed by atoms with van der Waals surface area (Å²) in [5, 5.41) is 24.7. The van der Waals surface area contributed by atoms with E-state index >= 15 is 0 Å². The lowest BCUT2D eigenvalue weighted by atomic mass is 9.92. The van der Waals surface area contributed by atoms with Crippen LogP contribution in [0.1, 0.15) is 70.1 Å². The van der Waals surface area contributed by atoms with Gasteiger partial charge in [0, 0.05) is 92.3 Å². The van der Waals surface area contributed by atoms with Gasteiger partial charge in [-0.15, -0.1) is 11.6 Å². The number of rotatable bonds is 23. The highest BCUT2D eigenvalue weighted by molar-refractivity contribution is 6.20. The van der Waals surface area contributed by atoms with Crippen LogP contribution in [0.4, 0.5) is 36.4 Å². The number of halogens is 1.